The fourth-order valence-electron chi connectivity index (χ4n) is 2.41. The highest BCUT2D eigenvalue weighted by Crippen LogP contribution is 2.34. The van der Waals surface area contributed by atoms with Gasteiger partial charge < -0.3 is 10.5 Å². The number of nitrogens with two attached hydrogens (primary N) is 1. The van der Waals surface area contributed by atoms with Gasteiger partial charge in [-0.15, -0.1) is 0 Å². The lowest BCUT2D eigenvalue weighted by Gasteiger charge is -2.28. The zero-order valence-corrected chi connectivity index (χ0v) is 10.6. The van der Waals surface area contributed by atoms with Gasteiger partial charge in [-0.25, -0.2) is 0 Å². The van der Waals surface area contributed by atoms with Crippen LogP contribution in [0.1, 0.15) is 30.1 Å². The summed E-state index contributed by atoms with van der Waals surface area (Å²) in [6.07, 6.45) is -1.84. The SMILES string of the molecule is NCC(COC1CCCc2ccccc21)C(F)(F)F. The van der Waals surface area contributed by atoms with Crippen molar-refractivity contribution in [3.8, 4) is 0 Å². The van der Waals surface area contributed by atoms with Gasteiger partial charge in [0.05, 0.1) is 18.6 Å². The molecule has 0 saturated carbocycles. The van der Waals surface area contributed by atoms with Crippen LogP contribution in [0.25, 0.3) is 0 Å². The number of alkyl halides is 3. The molecule has 0 aliphatic heterocycles. The summed E-state index contributed by atoms with van der Waals surface area (Å²) in [5.41, 5.74) is 7.37. The Labute approximate surface area is 110 Å². The van der Waals surface area contributed by atoms with Crippen LogP contribution in [-0.4, -0.2) is 19.3 Å². The molecule has 0 spiro atoms. The molecule has 0 bridgehead atoms. The lowest BCUT2D eigenvalue weighted by Crippen LogP contribution is -2.34. The Morgan fingerprint density at radius 2 is 2.05 bits per heavy atom. The van der Waals surface area contributed by atoms with Gasteiger partial charge in [0.1, 0.15) is 0 Å². The summed E-state index contributed by atoms with van der Waals surface area (Å²) >= 11 is 0. The van der Waals surface area contributed by atoms with Crippen molar-refractivity contribution in [2.75, 3.05) is 13.2 Å². The van der Waals surface area contributed by atoms with Crippen LogP contribution in [0.15, 0.2) is 24.3 Å². The minimum atomic E-state index is -4.29. The van der Waals surface area contributed by atoms with Crippen molar-refractivity contribution in [1.82, 2.24) is 0 Å². The van der Waals surface area contributed by atoms with Crippen LogP contribution in [0.2, 0.25) is 0 Å². The van der Waals surface area contributed by atoms with Crippen LogP contribution in [-0.2, 0) is 11.2 Å². The van der Waals surface area contributed by atoms with E-state index in [2.05, 4.69) is 0 Å². The van der Waals surface area contributed by atoms with E-state index >= 15 is 0 Å². The van der Waals surface area contributed by atoms with Crippen molar-refractivity contribution in [2.24, 2.45) is 11.7 Å². The van der Waals surface area contributed by atoms with E-state index in [1.807, 2.05) is 24.3 Å². The molecule has 0 fully saturated rings. The van der Waals surface area contributed by atoms with E-state index in [-0.39, 0.29) is 12.7 Å². The Bertz CT molecular complexity index is 419. The summed E-state index contributed by atoms with van der Waals surface area (Å²) < 4.78 is 43.3. The molecule has 2 nitrogen and oxygen atoms in total. The Morgan fingerprint density at radius 3 is 2.74 bits per heavy atom. The fraction of sp³-hybridized carbons (Fsp3) is 0.571. The first kappa shape index (κ1) is 14.3. The van der Waals surface area contributed by atoms with Crippen molar-refractivity contribution in [3.63, 3.8) is 0 Å². The van der Waals surface area contributed by atoms with E-state index in [1.165, 1.54) is 5.56 Å². The summed E-state index contributed by atoms with van der Waals surface area (Å²) in [6.45, 7) is -0.795. The van der Waals surface area contributed by atoms with Crippen LogP contribution in [0, 0.1) is 5.92 Å². The molecule has 1 aromatic rings. The minimum Gasteiger partial charge on any atom is -0.373 e. The van der Waals surface area contributed by atoms with E-state index < -0.39 is 18.6 Å². The number of aryl methyl sites for hydroxylation is 1. The normalized spacial score (nSPS) is 20.9. The van der Waals surface area contributed by atoms with Gasteiger partial charge in [0.2, 0.25) is 0 Å². The first-order chi connectivity index (χ1) is 9.02. The molecule has 1 aliphatic carbocycles. The average Bonchev–Trinajstić information content (AvgIpc) is 2.38. The van der Waals surface area contributed by atoms with Crippen molar-refractivity contribution in [2.45, 2.75) is 31.5 Å². The van der Waals surface area contributed by atoms with Gasteiger partial charge in [0.15, 0.2) is 0 Å². The largest absolute Gasteiger partial charge is 0.395 e. The Morgan fingerprint density at radius 1 is 1.32 bits per heavy atom. The average molecular weight is 273 g/mol. The topological polar surface area (TPSA) is 35.2 Å². The van der Waals surface area contributed by atoms with E-state index in [0.717, 1.165) is 24.8 Å². The van der Waals surface area contributed by atoms with Crippen LogP contribution in [0.5, 0.6) is 0 Å². The maximum absolute atomic E-state index is 12.6. The predicted molar refractivity (Wildman–Crippen MR) is 66.7 cm³/mol. The van der Waals surface area contributed by atoms with Gasteiger partial charge in [-0.05, 0) is 30.4 Å². The molecule has 2 N–H and O–H groups in total. The fourth-order valence-corrected chi connectivity index (χ4v) is 2.41. The zero-order chi connectivity index (χ0) is 13.9. The van der Waals surface area contributed by atoms with Gasteiger partial charge in [-0.3, -0.25) is 0 Å². The van der Waals surface area contributed by atoms with Crippen LogP contribution in [0.4, 0.5) is 13.2 Å². The Hall–Kier alpha value is -1.07. The quantitative estimate of drug-likeness (QED) is 0.914. The number of benzene rings is 1. The third kappa shape index (κ3) is 3.48. The highest BCUT2D eigenvalue weighted by molar-refractivity contribution is 5.31. The van der Waals surface area contributed by atoms with E-state index in [1.54, 1.807) is 0 Å². The van der Waals surface area contributed by atoms with E-state index in [4.69, 9.17) is 10.5 Å². The molecule has 5 heteroatoms. The van der Waals surface area contributed by atoms with Crippen LogP contribution in [0.3, 0.4) is 0 Å². The highest BCUT2D eigenvalue weighted by atomic mass is 19.4. The lowest BCUT2D eigenvalue weighted by atomic mass is 9.89. The molecular formula is C14H18F3NO. The number of halogens is 3. The van der Waals surface area contributed by atoms with Gasteiger partial charge in [0, 0.05) is 6.54 Å². The minimum absolute atomic E-state index is 0.235. The van der Waals surface area contributed by atoms with Gasteiger partial charge in [0.25, 0.3) is 0 Å². The van der Waals surface area contributed by atoms with Crippen LogP contribution < -0.4 is 5.73 Å². The first-order valence-electron chi connectivity index (χ1n) is 6.48. The first-order valence-corrected chi connectivity index (χ1v) is 6.48. The summed E-state index contributed by atoms with van der Waals surface area (Å²) in [5.74, 6) is -1.58. The van der Waals surface area contributed by atoms with E-state index in [9.17, 15) is 13.2 Å². The van der Waals surface area contributed by atoms with Crippen LogP contribution >= 0.6 is 0 Å². The predicted octanol–water partition coefficient (Wildman–Crippen LogP) is 3.22. The van der Waals surface area contributed by atoms with Crippen molar-refractivity contribution >= 4 is 0 Å². The number of ether oxygens (including phenoxy) is 1. The molecule has 2 unspecified atom stereocenters. The van der Waals surface area contributed by atoms with Gasteiger partial charge in [-0.1, -0.05) is 24.3 Å². The molecule has 0 amide bonds. The summed E-state index contributed by atoms with van der Waals surface area (Å²) in [7, 11) is 0. The summed E-state index contributed by atoms with van der Waals surface area (Å²) in [6, 6.07) is 7.78. The van der Waals surface area contributed by atoms with Crippen molar-refractivity contribution in [3.05, 3.63) is 35.4 Å². The number of fused-ring (bicyclic) bond motifs is 1. The molecule has 2 rings (SSSR count). The molecule has 0 heterocycles. The molecular weight excluding hydrogens is 255 g/mol. The molecule has 106 valence electrons. The maximum Gasteiger partial charge on any atom is 0.395 e. The second kappa shape index (κ2) is 5.92. The monoisotopic (exact) mass is 273 g/mol. The molecule has 2 atom stereocenters. The molecule has 19 heavy (non-hydrogen) atoms. The van der Waals surface area contributed by atoms with Gasteiger partial charge in [-0.2, -0.15) is 13.2 Å². The second-order valence-corrected chi connectivity index (χ2v) is 4.89. The number of rotatable bonds is 4. The Balaban J connectivity index is 2.01. The highest BCUT2D eigenvalue weighted by Gasteiger charge is 2.39. The zero-order valence-electron chi connectivity index (χ0n) is 10.6. The van der Waals surface area contributed by atoms with E-state index in [0.29, 0.717) is 0 Å². The lowest BCUT2D eigenvalue weighted by molar-refractivity contribution is -0.190. The Kier molecular flexibility index (Phi) is 4.47. The number of hydrogen-bond donors (Lipinski definition) is 1. The second-order valence-electron chi connectivity index (χ2n) is 4.89. The summed E-state index contributed by atoms with van der Waals surface area (Å²) in [5, 5.41) is 0. The standard InChI is InChI=1S/C14H18F3NO/c15-14(16,17)11(8-18)9-19-13-7-3-5-10-4-1-2-6-12(10)13/h1-2,4,6,11,13H,3,5,7-9,18H2. The number of hydrogen-bond acceptors (Lipinski definition) is 2. The molecule has 0 saturated heterocycles. The third-order valence-corrected chi connectivity index (χ3v) is 3.56. The van der Waals surface area contributed by atoms with Gasteiger partial charge >= 0.3 is 6.18 Å². The maximum atomic E-state index is 12.6. The molecule has 0 aromatic heterocycles. The molecule has 1 aromatic carbocycles. The summed E-state index contributed by atoms with van der Waals surface area (Å²) in [4.78, 5) is 0. The molecule has 1 aliphatic rings. The molecule has 0 radical (unpaired) electrons. The third-order valence-electron chi connectivity index (χ3n) is 3.56. The van der Waals surface area contributed by atoms with Crippen molar-refractivity contribution in [1.29, 1.82) is 0 Å². The van der Waals surface area contributed by atoms with Crippen molar-refractivity contribution < 1.29 is 17.9 Å². The smallest absolute Gasteiger partial charge is 0.373 e.